The molecule has 1 aliphatic carbocycles. The van der Waals surface area contributed by atoms with Gasteiger partial charge in [-0.3, -0.25) is 0 Å². The standard InChI is InChI=1S/C17H25BrClN/c1-3-11-20-17(13-9-7-12(2)8-10-13)14-5-4-6-15(18)16(14)19/h4-6,12-13,17,20H,3,7-11H2,1-2H3. The van der Waals surface area contributed by atoms with Crippen LogP contribution in [0.3, 0.4) is 0 Å². The van der Waals surface area contributed by atoms with E-state index >= 15 is 0 Å². The average Bonchev–Trinajstić information content (AvgIpc) is 2.45. The van der Waals surface area contributed by atoms with Gasteiger partial charge in [0.15, 0.2) is 0 Å². The highest BCUT2D eigenvalue weighted by atomic mass is 79.9. The van der Waals surface area contributed by atoms with Crippen LogP contribution in [0.2, 0.25) is 5.02 Å². The summed E-state index contributed by atoms with van der Waals surface area (Å²) < 4.78 is 1.00. The van der Waals surface area contributed by atoms with Crippen LogP contribution in [-0.4, -0.2) is 6.54 Å². The summed E-state index contributed by atoms with van der Waals surface area (Å²) in [5.74, 6) is 1.60. The third-order valence-electron chi connectivity index (χ3n) is 4.46. The van der Waals surface area contributed by atoms with Crippen LogP contribution in [0.5, 0.6) is 0 Å². The molecular formula is C17H25BrClN. The van der Waals surface area contributed by atoms with Gasteiger partial charge in [-0.25, -0.2) is 0 Å². The second kappa shape index (κ2) is 7.82. The minimum atomic E-state index is 0.396. The summed E-state index contributed by atoms with van der Waals surface area (Å²) in [6.45, 7) is 5.64. The molecule has 1 saturated carbocycles. The first-order valence-electron chi connectivity index (χ1n) is 7.80. The normalized spacial score (nSPS) is 24.6. The van der Waals surface area contributed by atoms with E-state index in [9.17, 15) is 0 Å². The Hall–Kier alpha value is -0.0500. The van der Waals surface area contributed by atoms with Gasteiger partial charge in [-0.15, -0.1) is 0 Å². The van der Waals surface area contributed by atoms with Crippen LogP contribution in [0, 0.1) is 11.8 Å². The molecule has 0 aliphatic heterocycles. The van der Waals surface area contributed by atoms with E-state index in [-0.39, 0.29) is 0 Å². The number of nitrogens with one attached hydrogen (secondary N) is 1. The van der Waals surface area contributed by atoms with Crippen molar-refractivity contribution in [2.45, 2.75) is 52.0 Å². The van der Waals surface area contributed by atoms with E-state index < -0.39 is 0 Å². The van der Waals surface area contributed by atoms with Gasteiger partial charge in [-0.05, 0) is 65.2 Å². The summed E-state index contributed by atoms with van der Waals surface area (Å²) in [5, 5.41) is 4.61. The van der Waals surface area contributed by atoms with Gasteiger partial charge >= 0.3 is 0 Å². The molecule has 1 aliphatic rings. The van der Waals surface area contributed by atoms with Crippen LogP contribution in [0.25, 0.3) is 0 Å². The molecule has 0 amide bonds. The fraction of sp³-hybridized carbons (Fsp3) is 0.647. The second-order valence-corrected chi connectivity index (χ2v) is 7.33. The highest BCUT2D eigenvalue weighted by molar-refractivity contribution is 9.10. The van der Waals surface area contributed by atoms with Crippen molar-refractivity contribution >= 4 is 27.5 Å². The lowest BCUT2D eigenvalue weighted by Gasteiger charge is -2.34. The molecule has 0 saturated heterocycles. The van der Waals surface area contributed by atoms with Crippen molar-refractivity contribution in [2.24, 2.45) is 11.8 Å². The summed E-state index contributed by atoms with van der Waals surface area (Å²) in [6.07, 6.45) is 6.48. The van der Waals surface area contributed by atoms with Gasteiger partial charge in [0.1, 0.15) is 0 Å². The van der Waals surface area contributed by atoms with Crippen molar-refractivity contribution in [3.63, 3.8) is 0 Å². The third-order valence-corrected chi connectivity index (χ3v) is 5.77. The van der Waals surface area contributed by atoms with Gasteiger partial charge in [-0.2, -0.15) is 0 Å². The summed E-state index contributed by atoms with van der Waals surface area (Å²) in [5.41, 5.74) is 1.26. The lowest BCUT2D eigenvalue weighted by atomic mass is 9.77. The molecule has 0 radical (unpaired) electrons. The second-order valence-electron chi connectivity index (χ2n) is 6.09. The van der Waals surface area contributed by atoms with E-state index in [0.29, 0.717) is 12.0 Å². The number of halogens is 2. The lowest BCUT2D eigenvalue weighted by molar-refractivity contribution is 0.231. The zero-order valence-electron chi connectivity index (χ0n) is 12.5. The Labute approximate surface area is 136 Å². The number of benzene rings is 1. The smallest absolute Gasteiger partial charge is 0.0595 e. The Kier molecular flexibility index (Phi) is 6.38. The molecule has 1 aromatic rings. The number of rotatable bonds is 5. The molecule has 0 bridgehead atoms. The van der Waals surface area contributed by atoms with Gasteiger partial charge < -0.3 is 5.32 Å². The SMILES string of the molecule is CCCNC(c1cccc(Br)c1Cl)C1CCC(C)CC1. The molecule has 1 aromatic carbocycles. The quantitative estimate of drug-likeness (QED) is 0.683. The van der Waals surface area contributed by atoms with Gasteiger partial charge in [-0.1, -0.05) is 50.4 Å². The van der Waals surface area contributed by atoms with E-state index in [1.54, 1.807) is 0 Å². The summed E-state index contributed by atoms with van der Waals surface area (Å²) in [7, 11) is 0. The predicted molar refractivity (Wildman–Crippen MR) is 91.3 cm³/mol. The Morgan fingerprint density at radius 2 is 2.00 bits per heavy atom. The van der Waals surface area contributed by atoms with Crippen molar-refractivity contribution in [1.29, 1.82) is 0 Å². The van der Waals surface area contributed by atoms with Crippen LogP contribution in [0.4, 0.5) is 0 Å². The van der Waals surface area contributed by atoms with Crippen LogP contribution in [0.15, 0.2) is 22.7 Å². The molecule has 0 heterocycles. The van der Waals surface area contributed by atoms with Crippen molar-refractivity contribution in [3.05, 3.63) is 33.3 Å². The molecule has 0 aromatic heterocycles. The molecule has 112 valence electrons. The monoisotopic (exact) mass is 357 g/mol. The third kappa shape index (κ3) is 3.99. The van der Waals surface area contributed by atoms with Crippen LogP contribution < -0.4 is 5.32 Å². The number of hydrogen-bond donors (Lipinski definition) is 1. The molecule has 2 rings (SSSR count). The van der Waals surface area contributed by atoms with Crippen LogP contribution >= 0.6 is 27.5 Å². The Morgan fingerprint density at radius 1 is 1.30 bits per heavy atom. The maximum Gasteiger partial charge on any atom is 0.0595 e. The fourth-order valence-electron chi connectivity index (χ4n) is 3.21. The molecule has 1 N–H and O–H groups in total. The Morgan fingerprint density at radius 3 is 2.65 bits per heavy atom. The first-order chi connectivity index (χ1) is 9.63. The zero-order chi connectivity index (χ0) is 14.5. The Bertz CT molecular complexity index is 427. The summed E-state index contributed by atoms with van der Waals surface area (Å²) >= 11 is 10.1. The zero-order valence-corrected chi connectivity index (χ0v) is 14.8. The average molecular weight is 359 g/mol. The van der Waals surface area contributed by atoms with E-state index in [2.05, 4.69) is 47.2 Å². The van der Waals surface area contributed by atoms with Gasteiger partial charge in [0, 0.05) is 10.5 Å². The maximum atomic E-state index is 6.53. The van der Waals surface area contributed by atoms with E-state index in [1.165, 1.54) is 31.2 Å². The Balaban J connectivity index is 2.20. The van der Waals surface area contributed by atoms with Gasteiger partial charge in [0.2, 0.25) is 0 Å². The van der Waals surface area contributed by atoms with Crippen molar-refractivity contribution in [3.8, 4) is 0 Å². The first kappa shape index (κ1) is 16.3. The first-order valence-corrected chi connectivity index (χ1v) is 8.97. The highest BCUT2D eigenvalue weighted by Gasteiger charge is 2.28. The molecule has 1 nitrogen and oxygen atoms in total. The molecule has 3 heteroatoms. The summed E-state index contributed by atoms with van der Waals surface area (Å²) in [4.78, 5) is 0. The van der Waals surface area contributed by atoms with Crippen molar-refractivity contribution in [1.82, 2.24) is 5.32 Å². The largest absolute Gasteiger partial charge is 0.310 e. The van der Waals surface area contributed by atoms with Gasteiger partial charge in [0.05, 0.1) is 5.02 Å². The predicted octanol–water partition coefficient (Wildman–Crippen LogP) is 5.97. The molecule has 1 unspecified atom stereocenters. The maximum absolute atomic E-state index is 6.53. The highest BCUT2D eigenvalue weighted by Crippen LogP contribution is 2.40. The number of hydrogen-bond acceptors (Lipinski definition) is 1. The van der Waals surface area contributed by atoms with Crippen molar-refractivity contribution < 1.29 is 0 Å². The molecular weight excluding hydrogens is 334 g/mol. The van der Waals surface area contributed by atoms with Crippen LogP contribution in [-0.2, 0) is 0 Å². The van der Waals surface area contributed by atoms with Crippen molar-refractivity contribution in [2.75, 3.05) is 6.54 Å². The summed E-state index contributed by atoms with van der Waals surface area (Å²) in [6, 6.07) is 6.69. The van der Waals surface area contributed by atoms with E-state index in [0.717, 1.165) is 28.4 Å². The minimum absolute atomic E-state index is 0.396. The molecule has 20 heavy (non-hydrogen) atoms. The lowest BCUT2D eigenvalue weighted by Crippen LogP contribution is -2.31. The fourth-order valence-corrected chi connectivity index (χ4v) is 3.84. The van der Waals surface area contributed by atoms with Crippen LogP contribution in [0.1, 0.15) is 57.6 Å². The molecule has 1 atom stereocenters. The van der Waals surface area contributed by atoms with E-state index in [1.807, 2.05) is 6.07 Å². The van der Waals surface area contributed by atoms with E-state index in [4.69, 9.17) is 11.6 Å². The molecule has 1 fully saturated rings. The van der Waals surface area contributed by atoms with Gasteiger partial charge in [0.25, 0.3) is 0 Å². The molecule has 0 spiro atoms. The minimum Gasteiger partial charge on any atom is -0.310 e. The topological polar surface area (TPSA) is 12.0 Å².